The van der Waals surface area contributed by atoms with Crippen LogP contribution in [0.15, 0.2) is 53.0 Å². The number of hydrogen-bond donors (Lipinski definition) is 1. The summed E-state index contributed by atoms with van der Waals surface area (Å²) in [5.74, 6) is 6.84. The minimum atomic E-state index is -0.0693. The van der Waals surface area contributed by atoms with Crippen LogP contribution in [0.5, 0.6) is 5.75 Å². The van der Waals surface area contributed by atoms with Gasteiger partial charge in [0, 0.05) is 21.6 Å². The van der Waals surface area contributed by atoms with E-state index in [2.05, 4.69) is 27.8 Å². The summed E-state index contributed by atoms with van der Waals surface area (Å²) in [6.45, 7) is 2.27. The number of rotatable bonds is 3. The summed E-state index contributed by atoms with van der Waals surface area (Å²) in [6, 6.07) is 15.6. The van der Waals surface area contributed by atoms with Crippen LogP contribution in [0.2, 0.25) is 0 Å². The second kappa shape index (κ2) is 7.14. The zero-order valence-electron chi connectivity index (χ0n) is 11.3. The summed E-state index contributed by atoms with van der Waals surface area (Å²) >= 11 is 3.43. The molecular formula is C17H16BrNO. The van der Waals surface area contributed by atoms with Crippen LogP contribution in [0.4, 0.5) is 0 Å². The van der Waals surface area contributed by atoms with Gasteiger partial charge in [0.15, 0.2) is 0 Å². The second-order valence-corrected chi connectivity index (χ2v) is 5.34. The molecule has 0 aliphatic heterocycles. The van der Waals surface area contributed by atoms with Gasteiger partial charge in [-0.1, -0.05) is 52.0 Å². The zero-order valence-corrected chi connectivity index (χ0v) is 12.9. The van der Waals surface area contributed by atoms with E-state index in [0.717, 1.165) is 21.3 Å². The highest BCUT2D eigenvalue weighted by atomic mass is 79.9. The van der Waals surface area contributed by atoms with Gasteiger partial charge in [-0.25, -0.2) is 0 Å². The molecule has 20 heavy (non-hydrogen) atoms. The molecule has 0 aliphatic rings. The van der Waals surface area contributed by atoms with Gasteiger partial charge in [-0.15, -0.1) is 0 Å². The first-order chi connectivity index (χ1) is 9.66. The Hall–Kier alpha value is -1.76. The van der Waals surface area contributed by atoms with Crippen molar-refractivity contribution in [3.8, 4) is 17.6 Å². The monoisotopic (exact) mass is 329 g/mol. The highest BCUT2D eigenvalue weighted by molar-refractivity contribution is 9.10. The SMILES string of the molecule is CC(N)c1ccc(Br)cc1OCC#Cc1ccccc1. The Kier molecular flexibility index (Phi) is 5.23. The Balaban J connectivity index is 2.05. The minimum absolute atomic E-state index is 0.0693. The van der Waals surface area contributed by atoms with Crippen molar-refractivity contribution in [2.75, 3.05) is 6.61 Å². The van der Waals surface area contributed by atoms with Gasteiger partial charge < -0.3 is 10.5 Å². The Bertz CT molecular complexity index is 626. The van der Waals surface area contributed by atoms with E-state index in [-0.39, 0.29) is 6.04 Å². The Morgan fingerprint density at radius 1 is 1.20 bits per heavy atom. The third-order valence-corrected chi connectivity index (χ3v) is 3.27. The van der Waals surface area contributed by atoms with E-state index >= 15 is 0 Å². The van der Waals surface area contributed by atoms with Crippen LogP contribution in [0.25, 0.3) is 0 Å². The fourth-order valence-electron chi connectivity index (χ4n) is 1.78. The van der Waals surface area contributed by atoms with Gasteiger partial charge in [-0.2, -0.15) is 0 Å². The van der Waals surface area contributed by atoms with Crippen molar-refractivity contribution in [1.29, 1.82) is 0 Å². The molecule has 0 bridgehead atoms. The van der Waals surface area contributed by atoms with Crippen LogP contribution in [0, 0.1) is 11.8 Å². The first kappa shape index (κ1) is 14.6. The number of hydrogen-bond acceptors (Lipinski definition) is 2. The molecule has 102 valence electrons. The minimum Gasteiger partial charge on any atom is -0.481 e. The standard InChI is InChI=1S/C17H16BrNO/c1-13(19)16-10-9-15(18)12-17(16)20-11-5-8-14-6-3-2-4-7-14/h2-4,6-7,9-10,12-13H,11,19H2,1H3. The van der Waals surface area contributed by atoms with Crippen molar-refractivity contribution in [3.63, 3.8) is 0 Å². The van der Waals surface area contributed by atoms with E-state index in [1.165, 1.54) is 0 Å². The summed E-state index contributed by atoms with van der Waals surface area (Å²) in [4.78, 5) is 0. The van der Waals surface area contributed by atoms with E-state index in [1.807, 2.05) is 55.5 Å². The van der Waals surface area contributed by atoms with E-state index in [9.17, 15) is 0 Å². The molecule has 0 saturated heterocycles. The van der Waals surface area contributed by atoms with Gasteiger partial charge in [0.25, 0.3) is 0 Å². The first-order valence-corrected chi connectivity index (χ1v) is 7.18. The van der Waals surface area contributed by atoms with E-state index in [4.69, 9.17) is 10.5 Å². The third kappa shape index (κ3) is 4.12. The first-order valence-electron chi connectivity index (χ1n) is 6.38. The Labute approximate surface area is 128 Å². The Morgan fingerprint density at radius 2 is 1.95 bits per heavy atom. The highest BCUT2D eigenvalue weighted by Gasteiger charge is 2.08. The van der Waals surface area contributed by atoms with Gasteiger partial charge in [0.2, 0.25) is 0 Å². The molecule has 0 aliphatic carbocycles. The molecule has 3 heteroatoms. The fourth-order valence-corrected chi connectivity index (χ4v) is 2.12. The normalized spacial score (nSPS) is 11.3. The van der Waals surface area contributed by atoms with Gasteiger partial charge >= 0.3 is 0 Å². The quantitative estimate of drug-likeness (QED) is 0.867. The van der Waals surface area contributed by atoms with Gasteiger partial charge in [-0.3, -0.25) is 0 Å². The predicted octanol–water partition coefficient (Wildman–Crippen LogP) is 3.90. The van der Waals surface area contributed by atoms with Gasteiger partial charge in [0.05, 0.1) is 0 Å². The van der Waals surface area contributed by atoms with Crippen LogP contribution < -0.4 is 10.5 Å². The number of halogens is 1. The molecule has 2 N–H and O–H groups in total. The number of benzene rings is 2. The Morgan fingerprint density at radius 3 is 2.65 bits per heavy atom. The highest BCUT2D eigenvalue weighted by Crippen LogP contribution is 2.27. The molecule has 0 heterocycles. The maximum absolute atomic E-state index is 5.93. The van der Waals surface area contributed by atoms with Gasteiger partial charge in [-0.05, 0) is 31.2 Å². The van der Waals surface area contributed by atoms with E-state index < -0.39 is 0 Å². The molecule has 1 atom stereocenters. The average molecular weight is 330 g/mol. The summed E-state index contributed by atoms with van der Waals surface area (Å²) < 4.78 is 6.68. The lowest BCUT2D eigenvalue weighted by Gasteiger charge is -2.12. The lowest BCUT2D eigenvalue weighted by Crippen LogP contribution is -2.08. The smallest absolute Gasteiger partial charge is 0.149 e. The van der Waals surface area contributed by atoms with E-state index in [0.29, 0.717) is 6.61 Å². The summed E-state index contributed by atoms with van der Waals surface area (Å²) in [6.07, 6.45) is 0. The van der Waals surface area contributed by atoms with Crippen molar-refractivity contribution in [1.82, 2.24) is 0 Å². The largest absolute Gasteiger partial charge is 0.481 e. The molecule has 0 radical (unpaired) electrons. The van der Waals surface area contributed by atoms with Crippen molar-refractivity contribution in [2.24, 2.45) is 5.73 Å². The topological polar surface area (TPSA) is 35.2 Å². The molecule has 0 saturated carbocycles. The summed E-state index contributed by atoms with van der Waals surface area (Å²) in [5, 5.41) is 0. The van der Waals surface area contributed by atoms with E-state index in [1.54, 1.807) is 0 Å². The van der Waals surface area contributed by atoms with Crippen molar-refractivity contribution < 1.29 is 4.74 Å². The molecule has 0 fully saturated rings. The molecular weight excluding hydrogens is 314 g/mol. The fraction of sp³-hybridized carbons (Fsp3) is 0.176. The van der Waals surface area contributed by atoms with Crippen LogP contribution in [0.1, 0.15) is 24.1 Å². The molecule has 2 aromatic rings. The number of nitrogens with two attached hydrogens (primary N) is 1. The molecule has 2 aromatic carbocycles. The average Bonchev–Trinajstić information content (AvgIpc) is 2.44. The van der Waals surface area contributed by atoms with Gasteiger partial charge in [0.1, 0.15) is 12.4 Å². The lowest BCUT2D eigenvalue weighted by atomic mass is 10.1. The maximum Gasteiger partial charge on any atom is 0.149 e. The van der Waals surface area contributed by atoms with Crippen LogP contribution in [-0.4, -0.2) is 6.61 Å². The molecule has 0 spiro atoms. The van der Waals surface area contributed by atoms with Crippen molar-refractivity contribution in [3.05, 3.63) is 64.1 Å². The van der Waals surface area contributed by atoms with Crippen molar-refractivity contribution >= 4 is 15.9 Å². The summed E-state index contributed by atoms with van der Waals surface area (Å²) in [5.41, 5.74) is 7.89. The van der Waals surface area contributed by atoms with Crippen LogP contribution in [-0.2, 0) is 0 Å². The lowest BCUT2D eigenvalue weighted by molar-refractivity contribution is 0.363. The van der Waals surface area contributed by atoms with Crippen molar-refractivity contribution in [2.45, 2.75) is 13.0 Å². The van der Waals surface area contributed by atoms with Crippen LogP contribution in [0.3, 0.4) is 0 Å². The maximum atomic E-state index is 5.93. The molecule has 2 rings (SSSR count). The summed E-state index contributed by atoms with van der Waals surface area (Å²) in [7, 11) is 0. The second-order valence-electron chi connectivity index (χ2n) is 4.43. The third-order valence-electron chi connectivity index (χ3n) is 2.77. The molecule has 0 amide bonds. The molecule has 1 unspecified atom stereocenters. The molecule has 2 nitrogen and oxygen atoms in total. The molecule has 0 aromatic heterocycles. The van der Waals surface area contributed by atoms with Crippen LogP contribution >= 0.6 is 15.9 Å². The predicted molar refractivity (Wildman–Crippen MR) is 85.6 cm³/mol. The number of ether oxygens (including phenoxy) is 1. The zero-order chi connectivity index (χ0) is 14.4.